The Balaban J connectivity index is 3.20. The summed E-state index contributed by atoms with van der Waals surface area (Å²) in [5.74, 6) is -1.77. The molecule has 0 aliphatic heterocycles. The average molecular weight is 246 g/mol. The minimum atomic E-state index is -3.43. The monoisotopic (exact) mass is 246 g/mol. The molecule has 0 amide bonds. The second-order valence-corrected chi connectivity index (χ2v) is 3.33. The maximum Gasteiger partial charge on any atom is 0.346 e. The van der Waals surface area contributed by atoms with E-state index in [1.54, 1.807) is 6.92 Å². The Morgan fingerprint density at radius 1 is 1.53 bits per heavy atom. The number of carbonyl (C=O) groups is 1. The first-order valence-corrected chi connectivity index (χ1v) is 4.90. The molecule has 0 fully saturated rings. The molecular formula is C11H12F2O4. The van der Waals surface area contributed by atoms with Crippen molar-refractivity contribution in [2.45, 2.75) is 19.0 Å². The predicted molar refractivity (Wildman–Crippen MR) is 55.1 cm³/mol. The van der Waals surface area contributed by atoms with Crippen LogP contribution in [0.15, 0.2) is 24.3 Å². The summed E-state index contributed by atoms with van der Waals surface area (Å²) in [6.45, 7) is 2.01. The second kappa shape index (κ2) is 5.09. The van der Waals surface area contributed by atoms with Crippen LogP contribution in [0, 0.1) is 0 Å². The molecule has 17 heavy (non-hydrogen) atoms. The van der Waals surface area contributed by atoms with Crippen LogP contribution in [0.25, 0.3) is 0 Å². The number of ether oxygens (including phenoxy) is 1. The van der Waals surface area contributed by atoms with E-state index in [0.29, 0.717) is 6.61 Å². The molecule has 4 nitrogen and oxygen atoms in total. The van der Waals surface area contributed by atoms with Crippen LogP contribution in [-0.4, -0.2) is 29.2 Å². The molecule has 0 bridgehead atoms. The van der Waals surface area contributed by atoms with E-state index in [2.05, 4.69) is 0 Å². The van der Waals surface area contributed by atoms with E-state index in [-0.39, 0.29) is 5.75 Å². The van der Waals surface area contributed by atoms with Crippen molar-refractivity contribution in [3.8, 4) is 5.75 Å². The first-order chi connectivity index (χ1) is 7.92. The van der Waals surface area contributed by atoms with Gasteiger partial charge in [0.15, 0.2) is 0 Å². The molecule has 1 aromatic carbocycles. The zero-order valence-corrected chi connectivity index (χ0v) is 9.06. The van der Waals surface area contributed by atoms with Crippen LogP contribution < -0.4 is 4.74 Å². The lowest BCUT2D eigenvalue weighted by Gasteiger charge is -2.23. The number of rotatable bonds is 5. The SMILES string of the molecule is CCOc1cccc(C(O)(C(=O)O)C(F)F)c1. The Hall–Kier alpha value is -1.69. The Bertz CT molecular complexity index is 408. The fraction of sp³-hybridized carbons (Fsp3) is 0.364. The summed E-state index contributed by atoms with van der Waals surface area (Å²) in [5.41, 5.74) is -3.63. The van der Waals surface area contributed by atoms with Gasteiger partial charge in [-0.2, -0.15) is 0 Å². The summed E-state index contributed by atoms with van der Waals surface area (Å²) < 4.78 is 30.4. The van der Waals surface area contributed by atoms with Gasteiger partial charge in [0.2, 0.25) is 5.60 Å². The maximum atomic E-state index is 12.7. The van der Waals surface area contributed by atoms with Gasteiger partial charge in [0.05, 0.1) is 6.61 Å². The number of alkyl halides is 2. The van der Waals surface area contributed by atoms with Crippen LogP contribution in [0.5, 0.6) is 5.75 Å². The van der Waals surface area contributed by atoms with E-state index in [9.17, 15) is 18.7 Å². The summed E-state index contributed by atoms with van der Waals surface area (Å²) in [4.78, 5) is 10.8. The lowest BCUT2D eigenvalue weighted by atomic mass is 9.94. The summed E-state index contributed by atoms with van der Waals surface area (Å²) in [6, 6.07) is 5.03. The Kier molecular flexibility index (Phi) is 4.01. The molecule has 0 saturated heterocycles. The lowest BCUT2D eigenvalue weighted by Crippen LogP contribution is -2.42. The Morgan fingerprint density at radius 3 is 2.65 bits per heavy atom. The van der Waals surface area contributed by atoms with Crippen molar-refractivity contribution < 1.29 is 28.5 Å². The molecule has 0 aliphatic rings. The van der Waals surface area contributed by atoms with Crippen LogP contribution in [0.4, 0.5) is 8.78 Å². The zero-order valence-electron chi connectivity index (χ0n) is 9.06. The number of carboxylic acids is 1. The fourth-order valence-corrected chi connectivity index (χ4v) is 1.33. The normalized spacial score (nSPS) is 14.4. The average Bonchev–Trinajstić information content (AvgIpc) is 2.28. The topological polar surface area (TPSA) is 66.8 Å². The van der Waals surface area contributed by atoms with Crippen molar-refractivity contribution in [2.24, 2.45) is 0 Å². The van der Waals surface area contributed by atoms with E-state index < -0.39 is 23.6 Å². The molecule has 1 aromatic rings. The smallest absolute Gasteiger partial charge is 0.346 e. The molecule has 6 heteroatoms. The zero-order chi connectivity index (χ0) is 13.1. The minimum absolute atomic E-state index is 0.227. The third kappa shape index (κ3) is 2.52. The molecule has 1 atom stereocenters. The first-order valence-electron chi connectivity index (χ1n) is 4.90. The van der Waals surface area contributed by atoms with Crippen molar-refractivity contribution in [2.75, 3.05) is 6.61 Å². The van der Waals surface area contributed by atoms with Gasteiger partial charge >= 0.3 is 5.97 Å². The van der Waals surface area contributed by atoms with Gasteiger partial charge in [-0.3, -0.25) is 0 Å². The van der Waals surface area contributed by atoms with E-state index in [0.717, 1.165) is 12.1 Å². The molecule has 0 spiro atoms. The Morgan fingerprint density at radius 2 is 2.18 bits per heavy atom. The highest BCUT2D eigenvalue weighted by Crippen LogP contribution is 2.31. The summed E-state index contributed by atoms with van der Waals surface area (Å²) in [6.07, 6.45) is -3.43. The standard InChI is InChI=1S/C11H12F2O4/c1-2-17-8-5-3-4-7(6-8)11(16,9(12)13)10(14)15/h3-6,9,16H,2H2,1H3,(H,14,15). The van der Waals surface area contributed by atoms with E-state index in [1.807, 2.05) is 0 Å². The van der Waals surface area contributed by atoms with Gasteiger partial charge in [-0.1, -0.05) is 12.1 Å². The van der Waals surface area contributed by atoms with E-state index in [1.165, 1.54) is 12.1 Å². The van der Waals surface area contributed by atoms with Crippen molar-refractivity contribution in [3.05, 3.63) is 29.8 Å². The van der Waals surface area contributed by atoms with Crippen molar-refractivity contribution in [1.29, 1.82) is 0 Å². The second-order valence-electron chi connectivity index (χ2n) is 3.33. The highest BCUT2D eigenvalue weighted by atomic mass is 19.3. The third-order valence-corrected chi connectivity index (χ3v) is 2.23. The van der Waals surface area contributed by atoms with Crippen LogP contribution in [-0.2, 0) is 10.4 Å². The van der Waals surface area contributed by atoms with E-state index in [4.69, 9.17) is 9.84 Å². The van der Waals surface area contributed by atoms with Crippen molar-refractivity contribution in [3.63, 3.8) is 0 Å². The van der Waals surface area contributed by atoms with Crippen molar-refractivity contribution >= 4 is 5.97 Å². The van der Waals surface area contributed by atoms with Gasteiger partial charge in [-0.25, -0.2) is 13.6 Å². The highest BCUT2D eigenvalue weighted by molar-refractivity contribution is 5.79. The number of hydrogen-bond donors (Lipinski definition) is 2. The molecule has 0 radical (unpaired) electrons. The number of hydrogen-bond acceptors (Lipinski definition) is 3. The number of benzene rings is 1. The van der Waals surface area contributed by atoms with Gasteiger partial charge in [0.25, 0.3) is 6.43 Å². The summed E-state index contributed by atoms with van der Waals surface area (Å²) >= 11 is 0. The molecule has 94 valence electrons. The third-order valence-electron chi connectivity index (χ3n) is 2.23. The molecule has 0 saturated carbocycles. The summed E-state index contributed by atoms with van der Waals surface area (Å²) in [7, 11) is 0. The van der Waals surface area contributed by atoms with Crippen molar-refractivity contribution in [1.82, 2.24) is 0 Å². The maximum absolute atomic E-state index is 12.7. The largest absolute Gasteiger partial charge is 0.494 e. The summed E-state index contributed by atoms with van der Waals surface area (Å²) in [5, 5.41) is 18.2. The molecule has 0 aliphatic carbocycles. The molecule has 1 rings (SSSR count). The van der Waals surface area contributed by atoms with Crippen LogP contribution in [0.1, 0.15) is 12.5 Å². The highest BCUT2D eigenvalue weighted by Gasteiger charge is 2.47. The van der Waals surface area contributed by atoms with Gasteiger partial charge in [0, 0.05) is 5.56 Å². The van der Waals surface area contributed by atoms with Crippen LogP contribution in [0.3, 0.4) is 0 Å². The number of halogens is 2. The van der Waals surface area contributed by atoms with Gasteiger partial charge in [-0.05, 0) is 19.1 Å². The molecular weight excluding hydrogens is 234 g/mol. The molecule has 1 unspecified atom stereocenters. The van der Waals surface area contributed by atoms with Gasteiger partial charge < -0.3 is 14.9 Å². The molecule has 0 heterocycles. The quantitative estimate of drug-likeness (QED) is 0.828. The van der Waals surface area contributed by atoms with E-state index >= 15 is 0 Å². The molecule has 0 aromatic heterocycles. The number of aliphatic carboxylic acids is 1. The lowest BCUT2D eigenvalue weighted by molar-refractivity contribution is -0.178. The molecule has 2 N–H and O–H groups in total. The Labute approximate surface area is 96.5 Å². The number of aliphatic hydroxyl groups is 1. The first kappa shape index (κ1) is 13.4. The number of carboxylic acid groups (broad SMARTS) is 1. The predicted octanol–water partition coefficient (Wildman–Crippen LogP) is 1.62. The minimum Gasteiger partial charge on any atom is -0.494 e. The fourth-order valence-electron chi connectivity index (χ4n) is 1.33. The van der Waals surface area contributed by atoms with Gasteiger partial charge in [-0.15, -0.1) is 0 Å². The van der Waals surface area contributed by atoms with Crippen LogP contribution in [0.2, 0.25) is 0 Å². The van der Waals surface area contributed by atoms with Gasteiger partial charge in [0.1, 0.15) is 5.75 Å². The van der Waals surface area contributed by atoms with Crippen LogP contribution >= 0.6 is 0 Å².